The normalized spacial score (nSPS) is 12.8. The Morgan fingerprint density at radius 1 is 1.25 bits per heavy atom. The summed E-state index contributed by atoms with van der Waals surface area (Å²) in [5.41, 5.74) is 0.772. The van der Waals surface area contributed by atoms with Crippen LogP contribution in [0.4, 0.5) is 8.78 Å². The maximum atomic E-state index is 14.0. The van der Waals surface area contributed by atoms with Crippen LogP contribution in [-0.4, -0.2) is 10.1 Å². The molecular formula is C14H8BrF2NOS. The second-order valence-electron chi connectivity index (χ2n) is 4.23. The standard InChI is InChI=1S/C14H8BrF2NOS/c15-8-1-2-9(16)12(13(8)17)14(19)7-5-11-10(18-6-7)3-4-20-11/h1-6,14,19H. The fourth-order valence-corrected chi connectivity index (χ4v) is 3.11. The maximum absolute atomic E-state index is 14.0. The van der Waals surface area contributed by atoms with E-state index in [9.17, 15) is 13.9 Å². The molecule has 2 nitrogen and oxygen atoms in total. The number of rotatable bonds is 2. The van der Waals surface area contributed by atoms with E-state index in [1.807, 2.05) is 11.4 Å². The lowest BCUT2D eigenvalue weighted by atomic mass is 10.0. The van der Waals surface area contributed by atoms with Gasteiger partial charge in [0, 0.05) is 11.8 Å². The number of halogens is 3. The van der Waals surface area contributed by atoms with E-state index >= 15 is 0 Å². The summed E-state index contributed by atoms with van der Waals surface area (Å²) in [5, 5.41) is 12.1. The van der Waals surface area contributed by atoms with Gasteiger partial charge in [-0.3, -0.25) is 4.98 Å². The highest BCUT2D eigenvalue weighted by Gasteiger charge is 2.22. The third kappa shape index (κ3) is 2.24. The van der Waals surface area contributed by atoms with E-state index < -0.39 is 17.7 Å². The highest BCUT2D eigenvalue weighted by Crippen LogP contribution is 2.32. The summed E-state index contributed by atoms with van der Waals surface area (Å²) in [4.78, 5) is 4.16. The van der Waals surface area contributed by atoms with E-state index in [1.54, 1.807) is 6.07 Å². The topological polar surface area (TPSA) is 33.1 Å². The van der Waals surface area contributed by atoms with Crippen LogP contribution in [0.25, 0.3) is 10.2 Å². The van der Waals surface area contributed by atoms with Crippen LogP contribution in [0.3, 0.4) is 0 Å². The zero-order valence-corrected chi connectivity index (χ0v) is 12.4. The Labute approximate surface area is 125 Å². The van der Waals surface area contributed by atoms with Gasteiger partial charge in [0.05, 0.1) is 20.3 Å². The summed E-state index contributed by atoms with van der Waals surface area (Å²) >= 11 is 4.44. The molecule has 2 aromatic heterocycles. The summed E-state index contributed by atoms with van der Waals surface area (Å²) in [6.07, 6.45) is 0.0333. The summed E-state index contributed by atoms with van der Waals surface area (Å²) in [6.45, 7) is 0. The van der Waals surface area contributed by atoms with Crippen LogP contribution in [0.15, 0.2) is 40.3 Å². The highest BCUT2D eigenvalue weighted by atomic mass is 79.9. The molecule has 2 heterocycles. The van der Waals surface area contributed by atoms with Gasteiger partial charge in [-0.05, 0) is 45.6 Å². The number of aliphatic hydroxyl groups excluding tert-OH is 1. The molecule has 1 atom stereocenters. The SMILES string of the molecule is OC(c1cnc2ccsc2c1)c1c(F)ccc(Br)c1F. The highest BCUT2D eigenvalue weighted by molar-refractivity contribution is 9.10. The monoisotopic (exact) mass is 355 g/mol. The van der Waals surface area contributed by atoms with Crippen molar-refractivity contribution in [3.8, 4) is 0 Å². The van der Waals surface area contributed by atoms with Crippen LogP contribution in [0.5, 0.6) is 0 Å². The summed E-state index contributed by atoms with van der Waals surface area (Å²) in [6, 6.07) is 5.91. The van der Waals surface area contributed by atoms with Crippen molar-refractivity contribution in [1.29, 1.82) is 0 Å². The number of nitrogens with zero attached hydrogens (tertiary/aromatic N) is 1. The van der Waals surface area contributed by atoms with Gasteiger partial charge in [-0.1, -0.05) is 0 Å². The number of pyridine rings is 1. The smallest absolute Gasteiger partial charge is 0.146 e. The second kappa shape index (κ2) is 5.20. The van der Waals surface area contributed by atoms with Gasteiger partial charge in [-0.15, -0.1) is 11.3 Å². The first-order valence-corrected chi connectivity index (χ1v) is 7.40. The largest absolute Gasteiger partial charge is 0.383 e. The third-order valence-electron chi connectivity index (χ3n) is 2.99. The van der Waals surface area contributed by atoms with E-state index in [4.69, 9.17) is 0 Å². The zero-order valence-electron chi connectivity index (χ0n) is 9.98. The summed E-state index contributed by atoms with van der Waals surface area (Å²) in [7, 11) is 0. The molecule has 3 rings (SSSR count). The molecule has 0 saturated heterocycles. The molecule has 0 aliphatic carbocycles. The summed E-state index contributed by atoms with van der Waals surface area (Å²) in [5.74, 6) is -1.59. The van der Waals surface area contributed by atoms with E-state index in [0.29, 0.717) is 5.56 Å². The Hall–Kier alpha value is -1.37. The van der Waals surface area contributed by atoms with E-state index in [2.05, 4.69) is 20.9 Å². The zero-order chi connectivity index (χ0) is 14.3. The van der Waals surface area contributed by atoms with Gasteiger partial charge >= 0.3 is 0 Å². The van der Waals surface area contributed by atoms with Gasteiger partial charge < -0.3 is 5.11 Å². The number of hydrogen-bond donors (Lipinski definition) is 1. The van der Waals surface area contributed by atoms with Crippen LogP contribution >= 0.6 is 27.3 Å². The van der Waals surface area contributed by atoms with Crippen LogP contribution < -0.4 is 0 Å². The fourth-order valence-electron chi connectivity index (χ4n) is 1.97. The van der Waals surface area contributed by atoms with Crippen molar-refractivity contribution in [2.75, 3.05) is 0 Å². The van der Waals surface area contributed by atoms with Gasteiger partial charge in [0.15, 0.2) is 0 Å². The van der Waals surface area contributed by atoms with Crippen LogP contribution in [0, 0.1) is 11.6 Å². The average molecular weight is 356 g/mol. The number of thiophene rings is 1. The Bertz CT molecular complexity index is 790. The maximum Gasteiger partial charge on any atom is 0.146 e. The Morgan fingerprint density at radius 3 is 2.85 bits per heavy atom. The molecule has 20 heavy (non-hydrogen) atoms. The molecule has 1 aromatic carbocycles. The number of fused-ring (bicyclic) bond motifs is 1. The van der Waals surface area contributed by atoms with Gasteiger partial charge in [-0.25, -0.2) is 8.78 Å². The molecule has 0 spiro atoms. The molecule has 0 saturated carbocycles. The minimum Gasteiger partial charge on any atom is -0.383 e. The number of aromatic nitrogens is 1. The number of aliphatic hydroxyl groups is 1. The fraction of sp³-hybridized carbons (Fsp3) is 0.0714. The molecule has 0 bridgehead atoms. The van der Waals surface area contributed by atoms with Crippen LogP contribution in [0.1, 0.15) is 17.2 Å². The molecule has 102 valence electrons. The van der Waals surface area contributed by atoms with Crippen molar-refractivity contribution >= 4 is 37.5 Å². The minimum absolute atomic E-state index is 0.109. The first kappa shape index (κ1) is 13.6. The van der Waals surface area contributed by atoms with Crippen LogP contribution in [0.2, 0.25) is 0 Å². The predicted molar refractivity (Wildman–Crippen MR) is 77.7 cm³/mol. The molecule has 1 N–H and O–H groups in total. The molecule has 0 aliphatic rings. The number of hydrogen-bond acceptors (Lipinski definition) is 3. The van der Waals surface area contributed by atoms with Gasteiger partial charge in [0.1, 0.15) is 17.7 Å². The van der Waals surface area contributed by atoms with Gasteiger partial charge in [0.2, 0.25) is 0 Å². The molecule has 0 fully saturated rings. The average Bonchev–Trinajstić information content (AvgIpc) is 2.90. The summed E-state index contributed by atoms with van der Waals surface area (Å²) < 4.78 is 28.7. The lowest BCUT2D eigenvalue weighted by Crippen LogP contribution is -2.06. The van der Waals surface area contributed by atoms with E-state index in [1.165, 1.54) is 23.6 Å². The molecule has 0 aliphatic heterocycles. The van der Waals surface area contributed by atoms with Crippen molar-refractivity contribution in [3.63, 3.8) is 0 Å². The number of benzene rings is 1. The van der Waals surface area contributed by atoms with Gasteiger partial charge in [0.25, 0.3) is 0 Å². The lowest BCUT2D eigenvalue weighted by molar-refractivity contribution is 0.208. The van der Waals surface area contributed by atoms with Crippen molar-refractivity contribution in [2.45, 2.75) is 6.10 Å². The molecule has 0 radical (unpaired) electrons. The quantitative estimate of drug-likeness (QED) is 0.690. The lowest BCUT2D eigenvalue weighted by Gasteiger charge is -2.14. The second-order valence-corrected chi connectivity index (χ2v) is 6.03. The predicted octanol–water partition coefficient (Wildman–Crippen LogP) is 4.42. The van der Waals surface area contributed by atoms with Crippen molar-refractivity contribution in [1.82, 2.24) is 4.98 Å². The van der Waals surface area contributed by atoms with Crippen LogP contribution in [-0.2, 0) is 0 Å². The molecule has 1 unspecified atom stereocenters. The van der Waals surface area contributed by atoms with E-state index in [0.717, 1.165) is 16.3 Å². The molecular weight excluding hydrogens is 348 g/mol. The first-order valence-electron chi connectivity index (χ1n) is 5.72. The molecule has 6 heteroatoms. The third-order valence-corrected chi connectivity index (χ3v) is 4.46. The Balaban J connectivity index is 2.12. The minimum atomic E-state index is -1.40. The van der Waals surface area contributed by atoms with Gasteiger partial charge in [-0.2, -0.15) is 0 Å². The Kier molecular flexibility index (Phi) is 3.54. The molecule has 3 aromatic rings. The first-order chi connectivity index (χ1) is 9.58. The molecule has 0 amide bonds. The van der Waals surface area contributed by atoms with Crippen molar-refractivity contribution in [2.24, 2.45) is 0 Å². The Morgan fingerprint density at radius 2 is 2.05 bits per heavy atom. The van der Waals surface area contributed by atoms with E-state index in [-0.39, 0.29) is 10.0 Å². The van der Waals surface area contributed by atoms with Crippen molar-refractivity contribution in [3.05, 3.63) is 63.1 Å². The van der Waals surface area contributed by atoms with Crippen molar-refractivity contribution < 1.29 is 13.9 Å².